The molecule has 0 spiro atoms. The summed E-state index contributed by atoms with van der Waals surface area (Å²) in [5.74, 6) is -0.510. The van der Waals surface area contributed by atoms with Gasteiger partial charge in [-0.2, -0.15) is 4.31 Å². The maximum absolute atomic E-state index is 13.7. The van der Waals surface area contributed by atoms with Gasteiger partial charge in [-0.05, 0) is 52.9 Å². The number of halogens is 1. The molecule has 3 aromatic rings. The van der Waals surface area contributed by atoms with Gasteiger partial charge in [0.1, 0.15) is 6.04 Å². The summed E-state index contributed by atoms with van der Waals surface area (Å²) in [5.41, 5.74) is 2.91. The summed E-state index contributed by atoms with van der Waals surface area (Å²) in [6, 6.07) is 13.8. The zero-order valence-electron chi connectivity index (χ0n) is 20.4. The molecule has 10 heteroatoms. The Kier molecular flexibility index (Phi) is 9.21. The van der Waals surface area contributed by atoms with E-state index in [2.05, 4.69) is 26.2 Å². The molecule has 0 unspecified atom stereocenters. The number of hydrogen-bond donors (Lipinski definition) is 0. The van der Waals surface area contributed by atoms with Crippen LogP contribution < -0.4 is 0 Å². The fourth-order valence-corrected chi connectivity index (χ4v) is 6.33. The maximum Gasteiger partial charge on any atom is 0.324 e. The lowest BCUT2D eigenvalue weighted by Gasteiger charge is -2.30. The first-order chi connectivity index (χ1) is 16.6. The standard InChI is InChI=1S/C25H31BrN4O4S/c1-18(2)15-23(25(31)34-4)30(35(32,33)24-8-6-5-7-22(24)26)14-13-21-17-29(28-27-21)16-20-11-9-19(3)10-12-20/h5-12,17-18,23H,13-16H2,1-4H3/t23-/m0/s1. The molecule has 3 rings (SSSR count). The van der Waals surface area contributed by atoms with E-state index in [9.17, 15) is 13.2 Å². The fourth-order valence-electron chi connectivity index (χ4n) is 3.77. The van der Waals surface area contributed by atoms with Gasteiger partial charge in [-0.1, -0.05) is 61.0 Å². The number of benzene rings is 2. The SMILES string of the molecule is COC(=O)[C@H](CC(C)C)N(CCc1cn(Cc2ccc(C)cc2)nn1)S(=O)(=O)c1ccccc1Br. The van der Waals surface area contributed by atoms with E-state index in [-0.39, 0.29) is 17.4 Å². The number of nitrogens with zero attached hydrogens (tertiary/aromatic N) is 4. The van der Waals surface area contributed by atoms with Crippen LogP contribution in [-0.4, -0.2) is 53.4 Å². The van der Waals surface area contributed by atoms with Crippen molar-refractivity contribution < 1.29 is 17.9 Å². The second-order valence-electron chi connectivity index (χ2n) is 8.86. The van der Waals surface area contributed by atoms with E-state index in [0.29, 0.717) is 29.6 Å². The number of hydrogen-bond acceptors (Lipinski definition) is 6. The number of sulfonamides is 1. The van der Waals surface area contributed by atoms with Gasteiger partial charge < -0.3 is 4.74 Å². The van der Waals surface area contributed by atoms with Crippen molar-refractivity contribution in [3.8, 4) is 0 Å². The number of methoxy groups -OCH3 is 1. The highest BCUT2D eigenvalue weighted by atomic mass is 79.9. The Balaban J connectivity index is 1.87. The summed E-state index contributed by atoms with van der Waals surface area (Å²) < 4.78 is 35.9. The fraction of sp³-hybridized carbons (Fsp3) is 0.400. The van der Waals surface area contributed by atoms with E-state index in [1.807, 2.05) is 45.0 Å². The van der Waals surface area contributed by atoms with Gasteiger partial charge >= 0.3 is 5.97 Å². The highest BCUT2D eigenvalue weighted by Gasteiger charge is 2.37. The molecule has 188 valence electrons. The van der Waals surface area contributed by atoms with Gasteiger partial charge in [0.05, 0.1) is 24.2 Å². The van der Waals surface area contributed by atoms with Crippen LogP contribution in [0.4, 0.5) is 0 Å². The summed E-state index contributed by atoms with van der Waals surface area (Å²) in [6.07, 6.45) is 2.43. The smallest absolute Gasteiger partial charge is 0.324 e. The molecule has 0 saturated carbocycles. The zero-order valence-corrected chi connectivity index (χ0v) is 22.8. The molecular weight excluding hydrogens is 532 g/mol. The molecule has 0 bridgehead atoms. The highest BCUT2D eigenvalue weighted by Crippen LogP contribution is 2.28. The van der Waals surface area contributed by atoms with E-state index in [0.717, 1.165) is 5.56 Å². The van der Waals surface area contributed by atoms with Crippen LogP contribution in [0.2, 0.25) is 0 Å². The summed E-state index contributed by atoms with van der Waals surface area (Å²) >= 11 is 3.34. The first-order valence-corrected chi connectivity index (χ1v) is 13.6. The third-order valence-electron chi connectivity index (χ3n) is 5.58. The molecule has 35 heavy (non-hydrogen) atoms. The van der Waals surface area contributed by atoms with E-state index in [1.54, 1.807) is 29.1 Å². The molecule has 8 nitrogen and oxygen atoms in total. The summed E-state index contributed by atoms with van der Waals surface area (Å²) in [4.78, 5) is 12.8. The van der Waals surface area contributed by atoms with Crippen LogP contribution in [-0.2, 0) is 32.5 Å². The van der Waals surface area contributed by atoms with Crippen LogP contribution >= 0.6 is 15.9 Å². The normalized spacial score (nSPS) is 12.8. The van der Waals surface area contributed by atoms with Gasteiger partial charge in [0, 0.05) is 23.6 Å². The van der Waals surface area contributed by atoms with Crippen molar-refractivity contribution in [2.24, 2.45) is 5.92 Å². The van der Waals surface area contributed by atoms with Crippen LogP contribution in [0.5, 0.6) is 0 Å². The summed E-state index contributed by atoms with van der Waals surface area (Å²) in [7, 11) is -2.74. The molecule has 0 saturated heterocycles. The minimum Gasteiger partial charge on any atom is -0.468 e. The quantitative estimate of drug-likeness (QED) is 0.325. The number of esters is 1. The van der Waals surface area contributed by atoms with E-state index < -0.39 is 22.0 Å². The van der Waals surface area contributed by atoms with Crippen molar-refractivity contribution in [3.05, 3.63) is 76.0 Å². The van der Waals surface area contributed by atoms with Gasteiger partial charge in [0.2, 0.25) is 10.0 Å². The molecule has 2 aromatic carbocycles. The minimum atomic E-state index is -4.02. The first kappa shape index (κ1) is 27.0. The van der Waals surface area contributed by atoms with Crippen LogP contribution in [0.25, 0.3) is 0 Å². The molecule has 1 atom stereocenters. The van der Waals surface area contributed by atoms with E-state index in [1.165, 1.54) is 23.0 Å². The Morgan fingerprint density at radius 1 is 1.14 bits per heavy atom. The Labute approximate surface area is 215 Å². The molecule has 0 amide bonds. The molecule has 0 radical (unpaired) electrons. The lowest BCUT2D eigenvalue weighted by Crippen LogP contribution is -2.47. The third-order valence-corrected chi connectivity index (χ3v) is 8.50. The number of rotatable bonds is 11. The van der Waals surface area contributed by atoms with Crippen molar-refractivity contribution in [2.45, 2.75) is 51.1 Å². The van der Waals surface area contributed by atoms with Gasteiger partial charge in [0.15, 0.2) is 0 Å². The number of aryl methyl sites for hydroxylation is 1. The Morgan fingerprint density at radius 2 is 1.83 bits per heavy atom. The Hall–Kier alpha value is -2.56. The van der Waals surface area contributed by atoms with Crippen molar-refractivity contribution in [2.75, 3.05) is 13.7 Å². The molecule has 0 aliphatic rings. The molecule has 0 aliphatic heterocycles. The molecule has 1 aromatic heterocycles. The average Bonchev–Trinajstić information content (AvgIpc) is 3.26. The van der Waals surface area contributed by atoms with Crippen LogP contribution in [0.15, 0.2) is 64.1 Å². The average molecular weight is 564 g/mol. The lowest BCUT2D eigenvalue weighted by molar-refractivity contribution is -0.145. The second-order valence-corrected chi connectivity index (χ2v) is 11.6. The van der Waals surface area contributed by atoms with Gasteiger partial charge in [0.25, 0.3) is 0 Å². The molecule has 0 N–H and O–H groups in total. The minimum absolute atomic E-state index is 0.0549. The monoisotopic (exact) mass is 562 g/mol. The van der Waals surface area contributed by atoms with Crippen LogP contribution in [0.1, 0.15) is 37.1 Å². The van der Waals surface area contributed by atoms with Crippen LogP contribution in [0, 0.1) is 12.8 Å². The summed E-state index contributed by atoms with van der Waals surface area (Å²) in [5, 5.41) is 8.42. The van der Waals surface area contributed by atoms with Crippen molar-refractivity contribution in [1.29, 1.82) is 0 Å². The van der Waals surface area contributed by atoms with Gasteiger partial charge in [-0.25, -0.2) is 13.1 Å². The molecule has 0 fully saturated rings. The largest absolute Gasteiger partial charge is 0.468 e. The summed E-state index contributed by atoms with van der Waals surface area (Å²) in [6.45, 7) is 6.53. The molecular formula is C25H31BrN4O4S. The lowest BCUT2D eigenvalue weighted by atomic mass is 10.0. The number of aromatic nitrogens is 3. The molecule has 1 heterocycles. The predicted octanol–water partition coefficient (Wildman–Crippen LogP) is 4.22. The molecule has 0 aliphatic carbocycles. The van der Waals surface area contributed by atoms with Crippen LogP contribution in [0.3, 0.4) is 0 Å². The Morgan fingerprint density at radius 3 is 2.46 bits per heavy atom. The number of carbonyl (C=O) groups is 1. The van der Waals surface area contributed by atoms with Crippen molar-refractivity contribution >= 4 is 31.9 Å². The third kappa shape index (κ3) is 6.99. The van der Waals surface area contributed by atoms with E-state index >= 15 is 0 Å². The van der Waals surface area contributed by atoms with E-state index in [4.69, 9.17) is 4.74 Å². The van der Waals surface area contributed by atoms with Gasteiger partial charge in [-0.15, -0.1) is 5.10 Å². The van der Waals surface area contributed by atoms with Crippen molar-refractivity contribution in [1.82, 2.24) is 19.3 Å². The topological polar surface area (TPSA) is 94.4 Å². The highest BCUT2D eigenvalue weighted by molar-refractivity contribution is 9.10. The maximum atomic E-state index is 13.7. The van der Waals surface area contributed by atoms with Gasteiger partial charge in [-0.3, -0.25) is 4.79 Å². The number of carbonyl (C=O) groups excluding carboxylic acids is 1. The number of ether oxygens (including phenoxy) is 1. The van der Waals surface area contributed by atoms with Crippen molar-refractivity contribution in [3.63, 3.8) is 0 Å². The zero-order chi connectivity index (χ0) is 25.6. The second kappa shape index (κ2) is 11.9. The first-order valence-electron chi connectivity index (χ1n) is 11.4. The Bertz CT molecular complexity index is 1240. The predicted molar refractivity (Wildman–Crippen MR) is 137 cm³/mol.